The first-order valence-corrected chi connectivity index (χ1v) is 9.16. The summed E-state index contributed by atoms with van der Waals surface area (Å²) < 4.78 is 11.6. The van der Waals surface area contributed by atoms with Crippen LogP contribution in [0.5, 0.6) is 11.5 Å². The van der Waals surface area contributed by atoms with Gasteiger partial charge in [-0.2, -0.15) is 0 Å². The smallest absolute Gasteiger partial charge is 0.119 e. The minimum Gasteiger partial charge on any atom is -0.494 e. The van der Waals surface area contributed by atoms with E-state index in [0.29, 0.717) is 5.92 Å². The van der Waals surface area contributed by atoms with E-state index in [1.165, 1.54) is 23.6 Å². The largest absolute Gasteiger partial charge is 0.494 e. The van der Waals surface area contributed by atoms with Gasteiger partial charge < -0.3 is 9.47 Å². The van der Waals surface area contributed by atoms with Gasteiger partial charge in [-0.3, -0.25) is 0 Å². The molecular formula is C19H25BrO2. The second-order valence-electron chi connectivity index (χ2n) is 5.97. The monoisotopic (exact) mass is 364 g/mol. The summed E-state index contributed by atoms with van der Waals surface area (Å²) in [6.45, 7) is 5.85. The van der Waals surface area contributed by atoms with Gasteiger partial charge >= 0.3 is 0 Å². The maximum Gasteiger partial charge on any atom is 0.119 e. The molecule has 0 saturated carbocycles. The Hall–Kier alpha value is -1.22. The van der Waals surface area contributed by atoms with E-state index in [9.17, 15) is 0 Å². The molecule has 0 aliphatic rings. The fraction of sp³-hybridized carbons (Fsp3) is 0.474. The molecule has 2 nitrogen and oxygen atoms in total. The van der Waals surface area contributed by atoms with Crippen molar-refractivity contribution >= 4 is 26.7 Å². The minimum absolute atomic E-state index is 0.538. The topological polar surface area (TPSA) is 18.5 Å². The number of unbranched alkanes of at least 4 members (excludes halogenated alkanes) is 2. The SMILES string of the molecule is CC(C)COc1ccc2cc(OCCCCCBr)ccc2c1. The zero-order valence-corrected chi connectivity index (χ0v) is 15.1. The Morgan fingerprint density at radius 1 is 0.864 bits per heavy atom. The molecule has 22 heavy (non-hydrogen) atoms. The quantitative estimate of drug-likeness (QED) is 0.412. The summed E-state index contributed by atoms with van der Waals surface area (Å²) in [5.41, 5.74) is 0. The van der Waals surface area contributed by atoms with Gasteiger partial charge in [-0.15, -0.1) is 0 Å². The Labute approximate surface area is 141 Å². The van der Waals surface area contributed by atoms with Crippen LogP contribution in [0.15, 0.2) is 36.4 Å². The zero-order valence-electron chi connectivity index (χ0n) is 13.5. The highest BCUT2D eigenvalue weighted by Gasteiger charge is 2.02. The summed E-state index contributed by atoms with van der Waals surface area (Å²) in [5, 5.41) is 3.45. The molecule has 0 N–H and O–H groups in total. The molecule has 0 unspecified atom stereocenters. The number of alkyl halides is 1. The number of rotatable bonds is 9. The molecule has 0 bridgehead atoms. The summed E-state index contributed by atoms with van der Waals surface area (Å²) in [4.78, 5) is 0. The molecule has 2 rings (SSSR count). The Morgan fingerprint density at radius 2 is 1.50 bits per heavy atom. The molecule has 0 aromatic heterocycles. The van der Waals surface area contributed by atoms with Crippen LogP contribution in [0.25, 0.3) is 10.8 Å². The molecule has 120 valence electrons. The van der Waals surface area contributed by atoms with Crippen LogP contribution in [0.4, 0.5) is 0 Å². The molecule has 0 amide bonds. The average molecular weight is 365 g/mol. The van der Waals surface area contributed by atoms with Gasteiger partial charge in [0.15, 0.2) is 0 Å². The van der Waals surface area contributed by atoms with E-state index in [2.05, 4.69) is 54.0 Å². The first-order valence-electron chi connectivity index (χ1n) is 8.04. The van der Waals surface area contributed by atoms with E-state index in [-0.39, 0.29) is 0 Å². The van der Waals surface area contributed by atoms with Crippen molar-refractivity contribution in [1.82, 2.24) is 0 Å². The van der Waals surface area contributed by atoms with Crippen molar-refractivity contribution in [3.63, 3.8) is 0 Å². The third kappa shape index (κ3) is 5.53. The molecule has 0 atom stereocenters. The Balaban J connectivity index is 1.94. The highest BCUT2D eigenvalue weighted by atomic mass is 79.9. The molecule has 0 radical (unpaired) electrons. The van der Waals surface area contributed by atoms with Crippen molar-refractivity contribution < 1.29 is 9.47 Å². The zero-order chi connectivity index (χ0) is 15.8. The van der Waals surface area contributed by atoms with Crippen LogP contribution in [-0.2, 0) is 0 Å². The second-order valence-corrected chi connectivity index (χ2v) is 6.77. The molecule has 0 spiro atoms. The standard InChI is InChI=1S/C19H25BrO2/c1-15(2)14-22-19-9-7-16-12-18(8-6-17(16)13-19)21-11-5-3-4-10-20/h6-9,12-13,15H,3-5,10-11,14H2,1-2H3. The first kappa shape index (κ1) is 17.1. The lowest BCUT2D eigenvalue weighted by atomic mass is 10.1. The molecule has 0 saturated heterocycles. The van der Waals surface area contributed by atoms with Crippen LogP contribution in [-0.4, -0.2) is 18.5 Å². The Kier molecular flexibility index (Phi) is 7.04. The molecule has 0 aliphatic carbocycles. The molecular weight excluding hydrogens is 340 g/mol. The number of ether oxygens (including phenoxy) is 2. The van der Waals surface area contributed by atoms with E-state index in [1.807, 2.05) is 12.1 Å². The van der Waals surface area contributed by atoms with Gasteiger partial charge in [0.25, 0.3) is 0 Å². The van der Waals surface area contributed by atoms with Gasteiger partial charge in [0.1, 0.15) is 11.5 Å². The number of hydrogen-bond acceptors (Lipinski definition) is 2. The van der Waals surface area contributed by atoms with Crippen molar-refractivity contribution in [2.45, 2.75) is 33.1 Å². The van der Waals surface area contributed by atoms with Crippen molar-refractivity contribution in [2.24, 2.45) is 5.92 Å². The summed E-state index contributed by atoms with van der Waals surface area (Å²) in [6.07, 6.45) is 3.52. The Morgan fingerprint density at radius 3 is 2.09 bits per heavy atom. The normalized spacial score (nSPS) is 11.1. The molecule has 3 heteroatoms. The van der Waals surface area contributed by atoms with E-state index < -0.39 is 0 Å². The van der Waals surface area contributed by atoms with E-state index >= 15 is 0 Å². The maximum atomic E-state index is 5.82. The lowest BCUT2D eigenvalue weighted by molar-refractivity contribution is 0.271. The fourth-order valence-electron chi connectivity index (χ4n) is 2.21. The fourth-order valence-corrected chi connectivity index (χ4v) is 2.60. The predicted molar refractivity (Wildman–Crippen MR) is 97.4 cm³/mol. The summed E-state index contributed by atoms with van der Waals surface area (Å²) >= 11 is 3.45. The number of benzene rings is 2. The van der Waals surface area contributed by atoms with Gasteiger partial charge in [-0.25, -0.2) is 0 Å². The van der Waals surface area contributed by atoms with Crippen LogP contribution < -0.4 is 9.47 Å². The molecule has 0 aliphatic heterocycles. The van der Waals surface area contributed by atoms with Crippen LogP contribution >= 0.6 is 15.9 Å². The predicted octanol–water partition coefficient (Wildman–Crippen LogP) is 5.82. The number of halogens is 1. The van der Waals surface area contributed by atoms with Crippen molar-refractivity contribution in [2.75, 3.05) is 18.5 Å². The maximum absolute atomic E-state index is 5.82. The molecule has 0 fully saturated rings. The first-order chi connectivity index (χ1) is 10.7. The van der Waals surface area contributed by atoms with Crippen molar-refractivity contribution in [1.29, 1.82) is 0 Å². The van der Waals surface area contributed by atoms with Crippen LogP contribution in [0.2, 0.25) is 0 Å². The Bertz CT molecular complexity index is 581. The highest BCUT2D eigenvalue weighted by molar-refractivity contribution is 9.09. The van der Waals surface area contributed by atoms with Crippen LogP contribution in [0, 0.1) is 5.92 Å². The van der Waals surface area contributed by atoms with Crippen LogP contribution in [0.3, 0.4) is 0 Å². The second kappa shape index (κ2) is 9.04. The van der Waals surface area contributed by atoms with E-state index in [1.54, 1.807) is 0 Å². The summed E-state index contributed by atoms with van der Waals surface area (Å²) in [7, 11) is 0. The minimum atomic E-state index is 0.538. The molecule has 2 aromatic rings. The van der Waals surface area contributed by atoms with Gasteiger partial charge in [-0.05, 0) is 60.2 Å². The van der Waals surface area contributed by atoms with E-state index in [0.717, 1.165) is 36.5 Å². The third-order valence-corrected chi connectivity index (χ3v) is 3.97. The lowest BCUT2D eigenvalue weighted by Gasteiger charge is -2.10. The highest BCUT2D eigenvalue weighted by Crippen LogP contribution is 2.25. The third-order valence-electron chi connectivity index (χ3n) is 3.41. The van der Waals surface area contributed by atoms with Gasteiger partial charge in [0, 0.05) is 5.33 Å². The molecule has 0 heterocycles. The molecule has 2 aromatic carbocycles. The van der Waals surface area contributed by atoms with Gasteiger partial charge in [0.05, 0.1) is 13.2 Å². The van der Waals surface area contributed by atoms with Gasteiger partial charge in [0.2, 0.25) is 0 Å². The lowest BCUT2D eigenvalue weighted by Crippen LogP contribution is -2.04. The van der Waals surface area contributed by atoms with Gasteiger partial charge in [-0.1, -0.05) is 41.9 Å². The van der Waals surface area contributed by atoms with Crippen molar-refractivity contribution in [3.8, 4) is 11.5 Å². The van der Waals surface area contributed by atoms with Crippen LogP contribution in [0.1, 0.15) is 33.1 Å². The number of fused-ring (bicyclic) bond motifs is 1. The summed E-state index contributed by atoms with van der Waals surface area (Å²) in [6, 6.07) is 12.5. The summed E-state index contributed by atoms with van der Waals surface area (Å²) in [5.74, 6) is 2.42. The number of hydrogen-bond donors (Lipinski definition) is 0. The average Bonchev–Trinajstić information content (AvgIpc) is 2.52. The van der Waals surface area contributed by atoms with E-state index in [4.69, 9.17) is 9.47 Å². The van der Waals surface area contributed by atoms with Crippen molar-refractivity contribution in [3.05, 3.63) is 36.4 Å².